The number of imide groups is 1. The summed E-state index contributed by atoms with van der Waals surface area (Å²) in [5.74, 6) is -1.05. The highest BCUT2D eigenvalue weighted by atomic mass is 16.2. The minimum absolute atomic E-state index is 0.187. The number of ketones is 1. The summed E-state index contributed by atoms with van der Waals surface area (Å²) in [6.45, 7) is 1.72. The van der Waals surface area contributed by atoms with Gasteiger partial charge in [0.05, 0.1) is 5.69 Å². The molecule has 0 saturated carbocycles. The van der Waals surface area contributed by atoms with Crippen LogP contribution >= 0.6 is 0 Å². The van der Waals surface area contributed by atoms with Crippen LogP contribution in [0.5, 0.6) is 0 Å². The molecule has 1 saturated heterocycles. The summed E-state index contributed by atoms with van der Waals surface area (Å²) in [5, 5.41) is 0. The number of benzene rings is 2. The highest BCUT2D eigenvalue weighted by Crippen LogP contribution is 2.30. The molecular weight excluding hydrogens is 278 g/mol. The Labute approximate surface area is 128 Å². The zero-order chi connectivity index (χ0) is 15.7. The molecule has 1 fully saturated rings. The molecule has 0 aliphatic carbocycles. The smallest absolute Gasteiger partial charge is 0.237 e. The standard InChI is InChI=1S/C18H15NO3/c1-12-11-16(20)19(18(12)22)15-10-6-5-9-14(15)17(21)13-7-3-2-4-8-13/h2-10,12H,11H2,1H3. The Kier molecular flexibility index (Phi) is 3.59. The van der Waals surface area contributed by atoms with Gasteiger partial charge in [0.15, 0.2) is 5.78 Å². The Morgan fingerprint density at radius 2 is 1.64 bits per heavy atom. The maximum atomic E-state index is 12.7. The second-order valence-corrected chi connectivity index (χ2v) is 5.38. The Morgan fingerprint density at radius 1 is 1.00 bits per heavy atom. The van der Waals surface area contributed by atoms with Gasteiger partial charge in [-0.1, -0.05) is 49.4 Å². The average Bonchev–Trinajstić information content (AvgIpc) is 2.80. The van der Waals surface area contributed by atoms with E-state index in [1.165, 1.54) is 0 Å². The second-order valence-electron chi connectivity index (χ2n) is 5.38. The molecular formula is C18H15NO3. The first-order chi connectivity index (χ1) is 10.6. The average molecular weight is 293 g/mol. The van der Waals surface area contributed by atoms with Crippen LogP contribution in [0.2, 0.25) is 0 Å². The van der Waals surface area contributed by atoms with Crippen molar-refractivity contribution in [2.75, 3.05) is 4.90 Å². The zero-order valence-electron chi connectivity index (χ0n) is 12.2. The van der Waals surface area contributed by atoms with Crippen LogP contribution in [-0.2, 0) is 9.59 Å². The fourth-order valence-electron chi connectivity index (χ4n) is 2.64. The first-order valence-corrected chi connectivity index (χ1v) is 7.15. The number of amides is 2. The summed E-state index contributed by atoms with van der Waals surface area (Å²) in [6.07, 6.45) is 0.187. The summed E-state index contributed by atoms with van der Waals surface area (Å²) in [7, 11) is 0. The number of hydrogen-bond donors (Lipinski definition) is 0. The Hall–Kier alpha value is -2.75. The van der Waals surface area contributed by atoms with Crippen LogP contribution in [0.1, 0.15) is 29.3 Å². The highest BCUT2D eigenvalue weighted by molar-refractivity contribution is 6.24. The van der Waals surface area contributed by atoms with E-state index in [9.17, 15) is 14.4 Å². The van der Waals surface area contributed by atoms with Crippen molar-refractivity contribution in [3.05, 3.63) is 65.7 Å². The molecule has 0 radical (unpaired) electrons. The van der Waals surface area contributed by atoms with Crippen molar-refractivity contribution in [3.8, 4) is 0 Å². The SMILES string of the molecule is CC1CC(=O)N(c2ccccc2C(=O)c2ccccc2)C1=O. The van der Waals surface area contributed by atoms with Crippen molar-refractivity contribution < 1.29 is 14.4 Å². The number of anilines is 1. The van der Waals surface area contributed by atoms with Crippen LogP contribution in [0.3, 0.4) is 0 Å². The first-order valence-electron chi connectivity index (χ1n) is 7.15. The Balaban J connectivity index is 2.06. The molecule has 4 heteroatoms. The van der Waals surface area contributed by atoms with E-state index in [1.807, 2.05) is 6.07 Å². The van der Waals surface area contributed by atoms with Gasteiger partial charge in [0.25, 0.3) is 0 Å². The molecule has 110 valence electrons. The van der Waals surface area contributed by atoms with Gasteiger partial charge >= 0.3 is 0 Å². The van der Waals surface area contributed by atoms with E-state index in [0.717, 1.165) is 4.90 Å². The van der Waals surface area contributed by atoms with Gasteiger partial charge in [-0.2, -0.15) is 0 Å². The number of carbonyl (C=O) groups is 3. The van der Waals surface area contributed by atoms with E-state index < -0.39 is 0 Å². The topological polar surface area (TPSA) is 54.5 Å². The van der Waals surface area contributed by atoms with Crippen molar-refractivity contribution in [1.29, 1.82) is 0 Å². The van der Waals surface area contributed by atoms with Crippen molar-refractivity contribution in [3.63, 3.8) is 0 Å². The van der Waals surface area contributed by atoms with Crippen LogP contribution in [-0.4, -0.2) is 17.6 Å². The van der Waals surface area contributed by atoms with Crippen LogP contribution in [0.4, 0.5) is 5.69 Å². The Bertz CT molecular complexity index is 752. The molecule has 1 unspecified atom stereocenters. The van der Waals surface area contributed by atoms with E-state index in [2.05, 4.69) is 0 Å². The monoisotopic (exact) mass is 293 g/mol. The molecule has 1 aliphatic heterocycles. The molecule has 3 rings (SSSR count). The van der Waals surface area contributed by atoms with Crippen LogP contribution < -0.4 is 4.90 Å². The number of para-hydroxylation sites is 1. The molecule has 2 aromatic carbocycles. The maximum Gasteiger partial charge on any atom is 0.237 e. The lowest BCUT2D eigenvalue weighted by Crippen LogP contribution is -2.31. The van der Waals surface area contributed by atoms with Crippen molar-refractivity contribution in [2.45, 2.75) is 13.3 Å². The number of hydrogen-bond acceptors (Lipinski definition) is 3. The quantitative estimate of drug-likeness (QED) is 0.646. The molecule has 0 spiro atoms. The molecule has 0 aromatic heterocycles. The van der Waals surface area contributed by atoms with Gasteiger partial charge in [-0.15, -0.1) is 0 Å². The number of rotatable bonds is 3. The highest BCUT2D eigenvalue weighted by Gasteiger charge is 2.38. The molecule has 2 amide bonds. The minimum atomic E-state index is -0.340. The predicted octanol–water partition coefficient (Wildman–Crippen LogP) is 2.82. The molecule has 22 heavy (non-hydrogen) atoms. The molecule has 0 N–H and O–H groups in total. The van der Waals surface area contributed by atoms with Gasteiger partial charge in [-0.3, -0.25) is 14.4 Å². The number of carbonyl (C=O) groups excluding carboxylic acids is 3. The lowest BCUT2D eigenvalue weighted by atomic mass is 10.0. The van der Waals surface area contributed by atoms with Crippen LogP contribution in [0, 0.1) is 5.92 Å². The van der Waals surface area contributed by atoms with E-state index in [0.29, 0.717) is 16.8 Å². The summed E-state index contributed by atoms with van der Waals surface area (Å²) in [4.78, 5) is 38.1. The van der Waals surface area contributed by atoms with Gasteiger partial charge in [-0.05, 0) is 12.1 Å². The molecule has 1 atom stereocenters. The normalized spacial score (nSPS) is 17.9. The third-order valence-corrected chi connectivity index (χ3v) is 3.80. The summed E-state index contributed by atoms with van der Waals surface area (Å²) < 4.78 is 0. The van der Waals surface area contributed by atoms with Gasteiger partial charge < -0.3 is 0 Å². The predicted molar refractivity (Wildman–Crippen MR) is 82.6 cm³/mol. The van der Waals surface area contributed by atoms with Crippen molar-refractivity contribution in [1.82, 2.24) is 0 Å². The van der Waals surface area contributed by atoms with E-state index >= 15 is 0 Å². The largest absolute Gasteiger partial charge is 0.289 e. The summed E-state index contributed by atoms with van der Waals surface area (Å²) in [5.41, 5.74) is 1.27. The van der Waals surface area contributed by atoms with Gasteiger partial charge in [-0.25, -0.2) is 4.90 Å². The third kappa shape index (κ3) is 2.33. The fraction of sp³-hybridized carbons (Fsp3) is 0.167. The molecule has 2 aromatic rings. The van der Waals surface area contributed by atoms with Gasteiger partial charge in [0, 0.05) is 23.5 Å². The molecule has 0 bridgehead atoms. The second kappa shape index (κ2) is 5.56. The van der Waals surface area contributed by atoms with Crippen molar-refractivity contribution >= 4 is 23.3 Å². The molecule has 4 nitrogen and oxygen atoms in total. The Morgan fingerprint density at radius 3 is 2.27 bits per heavy atom. The van der Waals surface area contributed by atoms with Gasteiger partial charge in [0.1, 0.15) is 0 Å². The van der Waals surface area contributed by atoms with E-state index in [-0.39, 0.29) is 29.9 Å². The van der Waals surface area contributed by atoms with Crippen molar-refractivity contribution in [2.24, 2.45) is 5.92 Å². The van der Waals surface area contributed by atoms with E-state index in [4.69, 9.17) is 0 Å². The first kappa shape index (κ1) is 14.2. The summed E-state index contributed by atoms with van der Waals surface area (Å²) in [6, 6.07) is 15.6. The van der Waals surface area contributed by atoms with Gasteiger partial charge in [0.2, 0.25) is 11.8 Å². The molecule has 1 heterocycles. The third-order valence-electron chi connectivity index (χ3n) is 3.80. The fourth-order valence-corrected chi connectivity index (χ4v) is 2.64. The van der Waals surface area contributed by atoms with E-state index in [1.54, 1.807) is 55.5 Å². The lowest BCUT2D eigenvalue weighted by Gasteiger charge is -2.18. The lowest BCUT2D eigenvalue weighted by molar-refractivity contribution is -0.122. The molecule has 1 aliphatic rings. The zero-order valence-corrected chi connectivity index (χ0v) is 12.2. The minimum Gasteiger partial charge on any atom is -0.289 e. The maximum absolute atomic E-state index is 12.7. The van der Waals surface area contributed by atoms with Crippen LogP contribution in [0.15, 0.2) is 54.6 Å². The summed E-state index contributed by atoms with van der Waals surface area (Å²) >= 11 is 0. The van der Waals surface area contributed by atoms with Crippen LogP contribution in [0.25, 0.3) is 0 Å². The number of nitrogens with zero attached hydrogens (tertiary/aromatic N) is 1.